The van der Waals surface area contributed by atoms with Gasteiger partial charge in [-0.25, -0.2) is 4.98 Å². The summed E-state index contributed by atoms with van der Waals surface area (Å²) in [5.74, 6) is 0.965. The van der Waals surface area contributed by atoms with Crippen molar-refractivity contribution in [1.82, 2.24) is 20.5 Å². The maximum atomic E-state index is 13.4. The average Bonchev–Trinajstić information content (AvgIpc) is 2.87. The second kappa shape index (κ2) is 9.36. The van der Waals surface area contributed by atoms with Gasteiger partial charge in [-0.05, 0) is 44.9 Å². The van der Waals surface area contributed by atoms with Crippen molar-refractivity contribution in [3.63, 3.8) is 0 Å². The molecule has 0 radical (unpaired) electrons. The smallest absolute Gasteiger partial charge is 0.270 e. The molecular weight excluding hydrogens is 470 g/mol. The highest BCUT2D eigenvalue weighted by Crippen LogP contribution is 2.40. The number of hydrogen-bond acceptors (Lipinski definition) is 6. The summed E-state index contributed by atoms with van der Waals surface area (Å²) in [4.78, 5) is 32.9. The number of benzene rings is 1. The van der Waals surface area contributed by atoms with Gasteiger partial charge in [-0.2, -0.15) is 0 Å². The van der Waals surface area contributed by atoms with Crippen LogP contribution in [0.3, 0.4) is 0 Å². The molecule has 1 saturated heterocycles. The Labute approximate surface area is 217 Å². The van der Waals surface area contributed by atoms with Crippen molar-refractivity contribution in [2.45, 2.75) is 83.0 Å². The fraction of sp³-hybridized carbons (Fsp3) is 0.500. The van der Waals surface area contributed by atoms with E-state index in [-0.39, 0.29) is 29.5 Å². The number of carbonyl (C=O) groups is 2. The number of guanidine groups is 1. The molecule has 37 heavy (non-hydrogen) atoms. The third-order valence-electron chi connectivity index (χ3n) is 7.81. The van der Waals surface area contributed by atoms with E-state index in [0.29, 0.717) is 37.3 Å². The number of hydrogen-bond donors (Lipinski definition) is 3. The molecule has 9 nitrogen and oxygen atoms in total. The molecule has 3 aliphatic rings. The molecule has 0 unspecified atom stereocenters. The van der Waals surface area contributed by atoms with E-state index in [0.717, 1.165) is 24.2 Å². The zero-order valence-corrected chi connectivity index (χ0v) is 21.9. The molecular formula is C28H35N5O4. The fourth-order valence-electron chi connectivity index (χ4n) is 5.64. The third-order valence-corrected chi connectivity index (χ3v) is 7.81. The van der Waals surface area contributed by atoms with Crippen LogP contribution in [0.15, 0.2) is 36.4 Å². The lowest BCUT2D eigenvalue weighted by Gasteiger charge is -2.45. The van der Waals surface area contributed by atoms with Crippen LogP contribution < -0.4 is 20.1 Å². The molecule has 3 aliphatic heterocycles. The summed E-state index contributed by atoms with van der Waals surface area (Å²) in [6.45, 7) is 8.47. The lowest BCUT2D eigenvalue weighted by Crippen LogP contribution is -2.62. The molecule has 2 aromatic rings. The summed E-state index contributed by atoms with van der Waals surface area (Å²) >= 11 is 0. The molecule has 0 bridgehead atoms. The van der Waals surface area contributed by atoms with Gasteiger partial charge in [-0.3, -0.25) is 19.9 Å². The van der Waals surface area contributed by atoms with E-state index in [2.05, 4.69) is 15.6 Å². The highest BCUT2D eigenvalue weighted by Gasteiger charge is 2.44. The molecule has 0 spiro atoms. The van der Waals surface area contributed by atoms with E-state index >= 15 is 0 Å². The second-order valence-electron chi connectivity index (χ2n) is 10.8. The number of amides is 2. The lowest BCUT2D eigenvalue weighted by molar-refractivity contribution is -0.133. The van der Waals surface area contributed by atoms with Crippen molar-refractivity contribution >= 4 is 17.8 Å². The highest BCUT2D eigenvalue weighted by atomic mass is 16.5. The van der Waals surface area contributed by atoms with Crippen LogP contribution >= 0.6 is 0 Å². The molecule has 0 saturated carbocycles. The SMILES string of the molecule is CCC1(CC)CC(=O)N([C@@H]2CCOc3ccc(C(=O)N[C@H]4CC(C)(C)Oc5ccccc54)nc32)C(=N)N1. The maximum Gasteiger partial charge on any atom is 0.270 e. The largest absolute Gasteiger partial charge is 0.491 e. The van der Waals surface area contributed by atoms with E-state index in [1.165, 1.54) is 4.90 Å². The minimum atomic E-state index is -0.474. The molecule has 2 amide bonds. The first-order valence-corrected chi connectivity index (χ1v) is 13.1. The Bertz CT molecular complexity index is 1220. The van der Waals surface area contributed by atoms with Crippen LogP contribution in [0.5, 0.6) is 11.5 Å². The van der Waals surface area contributed by atoms with Crippen molar-refractivity contribution < 1.29 is 19.1 Å². The van der Waals surface area contributed by atoms with Crippen LogP contribution in [0, 0.1) is 5.41 Å². The minimum Gasteiger partial charge on any atom is -0.491 e. The highest BCUT2D eigenvalue weighted by molar-refractivity contribution is 5.99. The van der Waals surface area contributed by atoms with Gasteiger partial charge < -0.3 is 20.1 Å². The standard InChI is InChI=1S/C28H35N5O4/c1-5-28(6-2)16-23(34)33(26(29)32-28)20-13-14-36-22-12-11-18(30-24(20)22)25(35)31-19-15-27(3,4)37-21-10-8-7-9-17(19)21/h7-12,19-20H,5-6,13-16H2,1-4H3,(H2,29,32)(H,31,35)/t19-,20+/m0/s1. The van der Waals surface area contributed by atoms with E-state index in [4.69, 9.17) is 14.9 Å². The zero-order valence-electron chi connectivity index (χ0n) is 21.9. The van der Waals surface area contributed by atoms with Crippen molar-refractivity contribution in [2.24, 2.45) is 0 Å². The van der Waals surface area contributed by atoms with Crippen molar-refractivity contribution in [3.8, 4) is 11.5 Å². The van der Waals surface area contributed by atoms with Gasteiger partial charge in [0, 0.05) is 23.9 Å². The first kappa shape index (κ1) is 25.0. The van der Waals surface area contributed by atoms with Gasteiger partial charge in [-0.1, -0.05) is 32.0 Å². The summed E-state index contributed by atoms with van der Waals surface area (Å²) in [5, 5.41) is 15.1. The first-order chi connectivity index (χ1) is 17.6. The van der Waals surface area contributed by atoms with Crippen LogP contribution in [-0.2, 0) is 4.79 Å². The quantitative estimate of drug-likeness (QED) is 0.559. The Morgan fingerprint density at radius 1 is 1.19 bits per heavy atom. The monoisotopic (exact) mass is 505 g/mol. The number of ether oxygens (including phenoxy) is 2. The maximum absolute atomic E-state index is 13.4. The number of rotatable bonds is 5. The Kier molecular flexibility index (Phi) is 6.33. The van der Waals surface area contributed by atoms with E-state index in [1.807, 2.05) is 52.0 Å². The Hall–Kier alpha value is -3.62. The molecule has 9 heteroatoms. The molecule has 0 aliphatic carbocycles. The summed E-state index contributed by atoms with van der Waals surface area (Å²) in [6, 6.07) is 10.4. The Morgan fingerprint density at radius 2 is 1.95 bits per heavy atom. The van der Waals surface area contributed by atoms with Gasteiger partial charge in [0.1, 0.15) is 28.5 Å². The number of fused-ring (bicyclic) bond motifs is 2. The Morgan fingerprint density at radius 3 is 2.68 bits per heavy atom. The first-order valence-electron chi connectivity index (χ1n) is 13.1. The lowest BCUT2D eigenvalue weighted by atomic mass is 9.86. The van der Waals surface area contributed by atoms with Crippen LogP contribution in [0.4, 0.5) is 0 Å². The third kappa shape index (κ3) is 4.63. The average molecular weight is 506 g/mol. The van der Waals surface area contributed by atoms with Crippen LogP contribution in [0.1, 0.15) is 93.6 Å². The fourth-order valence-corrected chi connectivity index (χ4v) is 5.64. The van der Waals surface area contributed by atoms with Crippen LogP contribution in [-0.4, -0.2) is 45.4 Å². The number of para-hydroxylation sites is 1. The van der Waals surface area contributed by atoms with Crippen molar-refractivity contribution in [1.29, 1.82) is 5.41 Å². The van der Waals surface area contributed by atoms with Gasteiger partial charge in [0.15, 0.2) is 5.96 Å². The summed E-state index contributed by atoms with van der Waals surface area (Å²) in [5.41, 5.74) is 0.858. The summed E-state index contributed by atoms with van der Waals surface area (Å²) in [7, 11) is 0. The molecule has 1 aromatic carbocycles. The van der Waals surface area contributed by atoms with Gasteiger partial charge in [-0.15, -0.1) is 0 Å². The normalized spacial score (nSPS) is 23.6. The van der Waals surface area contributed by atoms with Gasteiger partial charge >= 0.3 is 0 Å². The number of pyridine rings is 1. The van der Waals surface area contributed by atoms with Gasteiger partial charge in [0.2, 0.25) is 5.91 Å². The van der Waals surface area contributed by atoms with E-state index in [1.54, 1.807) is 12.1 Å². The summed E-state index contributed by atoms with van der Waals surface area (Å²) < 4.78 is 11.9. The second-order valence-corrected chi connectivity index (χ2v) is 10.8. The molecule has 196 valence electrons. The molecule has 3 N–H and O–H groups in total. The van der Waals surface area contributed by atoms with Gasteiger partial charge in [0.25, 0.3) is 5.91 Å². The zero-order chi connectivity index (χ0) is 26.4. The van der Waals surface area contributed by atoms with E-state index in [9.17, 15) is 9.59 Å². The molecule has 1 aromatic heterocycles. The predicted molar refractivity (Wildman–Crippen MR) is 139 cm³/mol. The number of aromatic nitrogens is 1. The number of carbonyl (C=O) groups excluding carboxylic acids is 2. The molecule has 4 heterocycles. The van der Waals surface area contributed by atoms with E-state index < -0.39 is 17.2 Å². The molecule has 2 atom stereocenters. The minimum absolute atomic E-state index is 0.0792. The predicted octanol–water partition coefficient (Wildman–Crippen LogP) is 4.25. The number of nitrogens with one attached hydrogen (secondary N) is 3. The van der Waals surface area contributed by atoms with Gasteiger partial charge in [0.05, 0.1) is 25.1 Å². The molecule has 1 fully saturated rings. The van der Waals surface area contributed by atoms with Crippen molar-refractivity contribution in [2.75, 3.05) is 6.61 Å². The topological polar surface area (TPSA) is 117 Å². The number of nitrogens with zero attached hydrogens (tertiary/aromatic N) is 2. The van der Waals surface area contributed by atoms with Crippen molar-refractivity contribution in [3.05, 3.63) is 53.3 Å². The summed E-state index contributed by atoms with van der Waals surface area (Å²) in [6.07, 6.45) is 2.94. The van der Waals surface area contributed by atoms with Crippen LogP contribution in [0.2, 0.25) is 0 Å². The Balaban J connectivity index is 1.41. The van der Waals surface area contributed by atoms with Crippen LogP contribution in [0.25, 0.3) is 0 Å². The molecule has 5 rings (SSSR count).